The number of anilines is 1. The predicted molar refractivity (Wildman–Crippen MR) is 131 cm³/mol. The Labute approximate surface area is 196 Å². The highest BCUT2D eigenvalue weighted by molar-refractivity contribution is 5.68. The minimum atomic E-state index is -0.607. The van der Waals surface area contributed by atoms with Gasteiger partial charge in [0.1, 0.15) is 5.69 Å². The second kappa shape index (κ2) is 11.8. The Morgan fingerprint density at radius 2 is 1.76 bits per heavy atom. The smallest absolute Gasteiger partial charge is 0.232 e. The molecule has 1 aromatic heterocycles. The van der Waals surface area contributed by atoms with Crippen LogP contribution in [0.15, 0.2) is 77.8 Å². The van der Waals surface area contributed by atoms with Crippen LogP contribution in [-0.2, 0) is 17.8 Å². The SMILES string of the molecule is C=CCOC[C@H](O)CN(Cc1ccccc1)Cc1c(-c2ccccc2)noc1N1CCCC1. The molecule has 1 atom stereocenters. The molecule has 6 heteroatoms. The Morgan fingerprint density at radius 3 is 2.45 bits per heavy atom. The first-order valence-electron chi connectivity index (χ1n) is 11.7. The van der Waals surface area contributed by atoms with E-state index >= 15 is 0 Å². The van der Waals surface area contributed by atoms with Crippen molar-refractivity contribution in [1.82, 2.24) is 10.1 Å². The topological polar surface area (TPSA) is 62.0 Å². The lowest BCUT2D eigenvalue weighted by molar-refractivity contribution is 0.0229. The molecule has 0 spiro atoms. The van der Waals surface area contributed by atoms with Crippen LogP contribution in [0.3, 0.4) is 0 Å². The molecule has 0 saturated carbocycles. The lowest BCUT2D eigenvalue weighted by Gasteiger charge is -2.26. The average molecular weight is 448 g/mol. The first kappa shape index (κ1) is 23.2. The molecule has 1 aliphatic rings. The number of aliphatic hydroxyl groups excluding tert-OH is 1. The van der Waals surface area contributed by atoms with Crippen molar-refractivity contribution in [3.8, 4) is 11.3 Å². The van der Waals surface area contributed by atoms with Crippen molar-refractivity contribution >= 4 is 5.88 Å². The van der Waals surface area contributed by atoms with Gasteiger partial charge in [0.15, 0.2) is 0 Å². The van der Waals surface area contributed by atoms with Crippen molar-refractivity contribution in [1.29, 1.82) is 0 Å². The molecule has 33 heavy (non-hydrogen) atoms. The molecule has 4 rings (SSSR count). The fraction of sp³-hybridized carbons (Fsp3) is 0.370. The number of aliphatic hydroxyl groups is 1. The molecule has 0 aliphatic carbocycles. The summed E-state index contributed by atoms with van der Waals surface area (Å²) >= 11 is 0. The first-order valence-corrected chi connectivity index (χ1v) is 11.7. The van der Waals surface area contributed by atoms with Gasteiger partial charge in [0.2, 0.25) is 5.88 Å². The van der Waals surface area contributed by atoms with E-state index in [-0.39, 0.29) is 6.61 Å². The summed E-state index contributed by atoms with van der Waals surface area (Å²) in [4.78, 5) is 4.54. The summed E-state index contributed by atoms with van der Waals surface area (Å²) < 4.78 is 11.4. The highest BCUT2D eigenvalue weighted by atomic mass is 16.5. The van der Waals surface area contributed by atoms with Gasteiger partial charge in [0.25, 0.3) is 0 Å². The van der Waals surface area contributed by atoms with Gasteiger partial charge in [-0.3, -0.25) is 4.90 Å². The van der Waals surface area contributed by atoms with Gasteiger partial charge >= 0.3 is 0 Å². The fourth-order valence-electron chi connectivity index (χ4n) is 4.32. The molecule has 0 bridgehead atoms. The van der Waals surface area contributed by atoms with Crippen LogP contribution in [0.25, 0.3) is 11.3 Å². The molecule has 2 aromatic carbocycles. The maximum absolute atomic E-state index is 10.7. The Balaban J connectivity index is 1.61. The molecule has 0 unspecified atom stereocenters. The van der Waals surface area contributed by atoms with Crippen LogP contribution in [-0.4, -0.2) is 54.1 Å². The normalized spacial score (nSPS) is 14.7. The number of benzene rings is 2. The van der Waals surface area contributed by atoms with E-state index in [9.17, 15) is 5.11 Å². The summed E-state index contributed by atoms with van der Waals surface area (Å²) in [5.41, 5.74) is 4.17. The number of nitrogens with zero attached hydrogens (tertiary/aromatic N) is 3. The summed E-state index contributed by atoms with van der Waals surface area (Å²) in [6.07, 6.45) is 3.41. The predicted octanol–water partition coefficient (Wildman–Crippen LogP) is 4.51. The largest absolute Gasteiger partial charge is 0.389 e. The van der Waals surface area contributed by atoms with E-state index in [0.717, 1.165) is 48.6 Å². The third-order valence-electron chi connectivity index (χ3n) is 5.85. The zero-order valence-electron chi connectivity index (χ0n) is 19.1. The second-order valence-electron chi connectivity index (χ2n) is 8.51. The van der Waals surface area contributed by atoms with Crippen LogP contribution in [0.4, 0.5) is 5.88 Å². The second-order valence-corrected chi connectivity index (χ2v) is 8.51. The molecule has 1 N–H and O–H groups in total. The Morgan fingerprint density at radius 1 is 1.06 bits per heavy atom. The summed E-state index contributed by atoms with van der Waals surface area (Å²) in [7, 11) is 0. The molecule has 1 fully saturated rings. The van der Waals surface area contributed by atoms with Gasteiger partial charge in [-0.1, -0.05) is 71.9 Å². The summed E-state index contributed by atoms with van der Waals surface area (Å²) in [6, 6.07) is 20.5. The van der Waals surface area contributed by atoms with Crippen molar-refractivity contribution in [3.05, 3.63) is 84.4 Å². The molecule has 0 amide bonds. The van der Waals surface area contributed by atoms with Crippen molar-refractivity contribution in [3.63, 3.8) is 0 Å². The van der Waals surface area contributed by atoms with Crippen LogP contribution in [0.2, 0.25) is 0 Å². The highest BCUT2D eigenvalue weighted by Gasteiger charge is 2.27. The summed E-state index contributed by atoms with van der Waals surface area (Å²) in [5, 5.41) is 15.2. The summed E-state index contributed by atoms with van der Waals surface area (Å²) in [5.74, 6) is 0.849. The number of hydrogen-bond donors (Lipinski definition) is 1. The number of rotatable bonds is 12. The van der Waals surface area contributed by atoms with Gasteiger partial charge in [0, 0.05) is 38.3 Å². The maximum atomic E-state index is 10.7. The average Bonchev–Trinajstić information content (AvgIpc) is 3.50. The molecule has 1 aliphatic heterocycles. The molecule has 174 valence electrons. The van der Waals surface area contributed by atoms with Crippen LogP contribution in [0.1, 0.15) is 24.0 Å². The molecule has 2 heterocycles. The molecular weight excluding hydrogens is 414 g/mol. The summed E-state index contributed by atoms with van der Waals surface area (Å²) in [6.45, 7) is 8.13. The Hall–Kier alpha value is -2.93. The third kappa shape index (κ3) is 6.32. The molecule has 1 saturated heterocycles. The van der Waals surface area contributed by atoms with Crippen LogP contribution < -0.4 is 4.90 Å². The maximum Gasteiger partial charge on any atom is 0.232 e. The highest BCUT2D eigenvalue weighted by Crippen LogP contribution is 2.34. The number of aromatic nitrogens is 1. The minimum absolute atomic E-state index is 0.269. The zero-order valence-corrected chi connectivity index (χ0v) is 19.1. The van der Waals surface area contributed by atoms with E-state index in [0.29, 0.717) is 26.2 Å². The quantitative estimate of drug-likeness (QED) is 0.326. The van der Waals surface area contributed by atoms with Gasteiger partial charge in [-0.25, -0.2) is 0 Å². The molecule has 6 nitrogen and oxygen atoms in total. The Bertz CT molecular complexity index is 984. The number of ether oxygens (including phenoxy) is 1. The van der Waals surface area contributed by atoms with Crippen molar-refractivity contribution < 1.29 is 14.4 Å². The van der Waals surface area contributed by atoms with Crippen LogP contribution >= 0.6 is 0 Å². The van der Waals surface area contributed by atoms with Gasteiger partial charge < -0.3 is 19.3 Å². The van der Waals surface area contributed by atoms with Gasteiger partial charge in [-0.15, -0.1) is 6.58 Å². The van der Waals surface area contributed by atoms with E-state index in [1.54, 1.807) is 6.08 Å². The van der Waals surface area contributed by atoms with Crippen molar-refractivity contribution in [2.45, 2.75) is 32.0 Å². The third-order valence-corrected chi connectivity index (χ3v) is 5.85. The van der Waals surface area contributed by atoms with Gasteiger partial charge in [0.05, 0.1) is 24.9 Å². The van der Waals surface area contributed by atoms with E-state index in [1.807, 2.05) is 36.4 Å². The van der Waals surface area contributed by atoms with Crippen molar-refractivity contribution in [2.75, 3.05) is 37.7 Å². The molecule has 3 aromatic rings. The minimum Gasteiger partial charge on any atom is -0.389 e. The lowest BCUT2D eigenvalue weighted by Crippen LogP contribution is -2.35. The lowest BCUT2D eigenvalue weighted by atomic mass is 10.1. The molecule has 0 radical (unpaired) electrons. The monoisotopic (exact) mass is 447 g/mol. The van der Waals surface area contributed by atoms with Crippen LogP contribution in [0.5, 0.6) is 0 Å². The van der Waals surface area contributed by atoms with Gasteiger partial charge in [-0.2, -0.15) is 0 Å². The number of hydrogen-bond acceptors (Lipinski definition) is 6. The fourth-order valence-corrected chi connectivity index (χ4v) is 4.32. The van der Waals surface area contributed by atoms with Crippen molar-refractivity contribution in [2.24, 2.45) is 0 Å². The van der Waals surface area contributed by atoms with E-state index in [4.69, 9.17) is 9.26 Å². The zero-order chi connectivity index (χ0) is 22.9. The standard InChI is InChI=1S/C27H33N3O3/c1-2-17-32-21-24(31)19-29(18-22-11-5-3-6-12-22)20-25-26(23-13-7-4-8-14-23)28-33-27(25)30-15-9-10-16-30/h2-8,11-14,24,31H,1,9-10,15-21H2/t24-/m1/s1. The van der Waals surface area contributed by atoms with E-state index < -0.39 is 6.10 Å². The van der Waals surface area contributed by atoms with E-state index in [1.165, 1.54) is 5.56 Å². The Kier molecular flexibility index (Phi) is 8.30. The van der Waals surface area contributed by atoms with Gasteiger partial charge in [-0.05, 0) is 18.4 Å². The van der Waals surface area contributed by atoms with E-state index in [2.05, 4.69) is 45.8 Å². The first-order chi connectivity index (χ1) is 16.2. The van der Waals surface area contributed by atoms with Crippen LogP contribution in [0, 0.1) is 0 Å². The molecular formula is C27H33N3O3.